The maximum Gasteiger partial charge on any atom is 0.165 e. The molecule has 0 N–H and O–H groups in total. The smallest absolute Gasteiger partial charge is 0.165 e. The van der Waals surface area contributed by atoms with E-state index in [0.29, 0.717) is 0 Å². The molecule has 1 nitrogen and oxygen atoms in total. The molecular formula is C35H37IO. The van der Waals surface area contributed by atoms with Crippen LogP contribution in [0.4, 0.5) is 0 Å². The monoisotopic (exact) mass is 600 g/mol. The zero-order valence-corrected chi connectivity index (χ0v) is 24.7. The van der Waals surface area contributed by atoms with Crippen LogP contribution in [0.1, 0.15) is 57.3 Å². The molecule has 1 unspecified atom stereocenters. The van der Waals surface area contributed by atoms with Crippen LogP contribution in [-0.4, -0.2) is 5.78 Å². The van der Waals surface area contributed by atoms with Gasteiger partial charge in [-0.15, -0.1) is 24.0 Å². The Bertz CT molecular complexity index is 1450. The van der Waals surface area contributed by atoms with Gasteiger partial charge in [-0.3, -0.25) is 4.79 Å². The van der Waals surface area contributed by atoms with E-state index in [1.807, 2.05) is 50.2 Å². The van der Waals surface area contributed by atoms with Crippen molar-refractivity contribution < 1.29 is 4.79 Å². The van der Waals surface area contributed by atoms with Crippen molar-refractivity contribution in [2.75, 3.05) is 0 Å². The second-order valence-corrected chi connectivity index (χ2v) is 9.53. The van der Waals surface area contributed by atoms with Crippen molar-refractivity contribution in [2.24, 2.45) is 5.92 Å². The fraction of sp³-hybridized carbons (Fsp3) is 0.229. The number of rotatable bonds is 4. The van der Waals surface area contributed by atoms with E-state index in [1.54, 1.807) is 0 Å². The quantitative estimate of drug-likeness (QED) is 0.112. The van der Waals surface area contributed by atoms with Crippen molar-refractivity contribution >= 4 is 72.8 Å². The Kier molecular flexibility index (Phi) is 10.5. The number of hydrogen-bond donors (Lipinski definition) is 0. The van der Waals surface area contributed by atoms with E-state index in [-0.39, 0.29) is 35.7 Å². The van der Waals surface area contributed by atoms with Crippen LogP contribution in [0.25, 0.3) is 43.1 Å². The molecule has 1 atom stereocenters. The maximum atomic E-state index is 12.0. The molecule has 6 aromatic rings. The van der Waals surface area contributed by atoms with Crippen molar-refractivity contribution in [1.29, 1.82) is 0 Å². The van der Waals surface area contributed by atoms with E-state index >= 15 is 0 Å². The van der Waals surface area contributed by atoms with Gasteiger partial charge >= 0.3 is 0 Å². The van der Waals surface area contributed by atoms with E-state index in [0.717, 1.165) is 17.4 Å². The van der Waals surface area contributed by atoms with Crippen molar-refractivity contribution in [2.45, 2.75) is 47.0 Å². The second kappa shape index (κ2) is 13.5. The number of benzene rings is 6. The molecule has 0 bridgehead atoms. The highest BCUT2D eigenvalue weighted by atomic mass is 127. The number of carbonyl (C=O) groups is 1. The SMILES string of the molecule is CCC(C)C(=O)c1ccc2ccccc2c1.CCCC.I.c1cc2ccc3cccc4ccc(c1)c2c34. The molecule has 0 radical (unpaired) electrons. The maximum absolute atomic E-state index is 12.0. The third-order valence-electron chi connectivity index (χ3n) is 6.99. The summed E-state index contributed by atoms with van der Waals surface area (Å²) in [4.78, 5) is 12.0. The van der Waals surface area contributed by atoms with E-state index in [1.165, 1.54) is 50.5 Å². The first-order chi connectivity index (χ1) is 17.6. The lowest BCUT2D eigenvalue weighted by Crippen LogP contribution is -2.09. The summed E-state index contributed by atoms with van der Waals surface area (Å²) in [6, 6.07) is 35.9. The predicted octanol–water partition coefficient (Wildman–Crippen LogP) is 11.1. The van der Waals surface area contributed by atoms with E-state index in [2.05, 4.69) is 80.6 Å². The topological polar surface area (TPSA) is 17.1 Å². The Balaban J connectivity index is 0.000000176. The predicted molar refractivity (Wildman–Crippen MR) is 174 cm³/mol. The number of unbranched alkanes of at least 4 members (excludes halogenated alkanes) is 1. The average molecular weight is 601 g/mol. The number of fused-ring (bicyclic) bond motifs is 1. The van der Waals surface area contributed by atoms with Gasteiger partial charge in [-0.2, -0.15) is 0 Å². The number of ketones is 1. The van der Waals surface area contributed by atoms with Crippen molar-refractivity contribution in [3.8, 4) is 0 Å². The minimum atomic E-state index is 0. The van der Waals surface area contributed by atoms with Gasteiger partial charge in [0, 0.05) is 11.5 Å². The molecule has 0 heterocycles. The summed E-state index contributed by atoms with van der Waals surface area (Å²) in [5.41, 5.74) is 0.827. The number of hydrogen-bond acceptors (Lipinski definition) is 1. The highest BCUT2D eigenvalue weighted by molar-refractivity contribution is 14.0. The zero-order chi connectivity index (χ0) is 25.5. The largest absolute Gasteiger partial charge is 0.294 e. The summed E-state index contributed by atoms with van der Waals surface area (Å²) < 4.78 is 0. The Morgan fingerprint density at radius 1 is 0.568 bits per heavy atom. The molecule has 37 heavy (non-hydrogen) atoms. The van der Waals surface area contributed by atoms with Crippen LogP contribution in [0.3, 0.4) is 0 Å². The number of Topliss-reactive ketones (excluding diaryl/α,β-unsaturated/α-hetero) is 1. The third-order valence-corrected chi connectivity index (χ3v) is 6.99. The lowest BCUT2D eigenvalue weighted by atomic mass is 9.95. The standard InChI is InChI=1S/C16H10.C15H16O.C4H10.HI/c1-3-11-7-9-13-5-2-6-14-10-8-12(4-1)15(11)16(13)14;1-3-11(2)15(16)14-9-8-12-6-4-5-7-13(12)10-14;1-3-4-2;/h1-10H;4-11H,3H2,1-2H3;3-4H2,1-2H3;1H. The molecule has 0 aliphatic rings. The van der Waals surface area contributed by atoms with Crippen molar-refractivity contribution in [3.05, 3.63) is 109 Å². The normalized spacial score (nSPS) is 11.4. The molecule has 190 valence electrons. The van der Waals surface area contributed by atoms with Crippen molar-refractivity contribution in [3.63, 3.8) is 0 Å². The summed E-state index contributed by atoms with van der Waals surface area (Å²) >= 11 is 0. The van der Waals surface area contributed by atoms with Crippen LogP contribution in [0.5, 0.6) is 0 Å². The molecule has 0 fully saturated rings. The first-order valence-electron chi connectivity index (χ1n) is 13.2. The van der Waals surface area contributed by atoms with E-state index in [4.69, 9.17) is 0 Å². The first-order valence-corrected chi connectivity index (χ1v) is 13.2. The lowest BCUT2D eigenvalue weighted by molar-refractivity contribution is 0.0927. The van der Waals surface area contributed by atoms with Gasteiger partial charge in [0.2, 0.25) is 0 Å². The molecule has 6 aromatic carbocycles. The first kappa shape index (κ1) is 28.6. The summed E-state index contributed by atoms with van der Waals surface area (Å²) in [6.45, 7) is 8.39. The molecule has 0 aromatic heterocycles. The van der Waals surface area contributed by atoms with Gasteiger partial charge in [-0.05, 0) is 55.6 Å². The van der Waals surface area contributed by atoms with Crippen LogP contribution in [0.15, 0.2) is 103 Å². The van der Waals surface area contributed by atoms with Gasteiger partial charge in [0.15, 0.2) is 5.78 Å². The van der Waals surface area contributed by atoms with Crippen molar-refractivity contribution in [1.82, 2.24) is 0 Å². The molecule has 0 amide bonds. The van der Waals surface area contributed by atoms with Crippen LogP contribution in [0.2, 0.25) is 0 Å². The van der Waals surface area contributed by atoms with Crippen LogP contribution in [-0.2, 0) is 0 Å². The zero-order valence-electron chi connectivity index (χ0n) is 22.3. The molecule has 0 aliphatic heterocycles. The molecule has 0 spiro atoms. The molecule has 6 rings (SSSR count). The second-order valence-electron chi connectivity index (χ2n) is 9.53. The van der Waals surface area contributed by atoms with Crippen LogP contribution < -0.4 is 0 Å². The minimum absolute atomic E-state index is 0. The van der Waals surface area contributed by atoms with Gasteiger partial charge in [-0.25, -0.2) is 0 Å². The van der Waals surface area contributed by atoms with E-state index in [9.17, 15) is 4.79 Å². The fourth-order valence-electron chi connectivity index (χ4n) is 4.48. The Morgan fingerprint density at radius 3 is 1.41 bits per heavy atom. The average Bonchev–Trinajstić information content (AvgIpc) is 2.95. The molecule has 2 heteroatoms. The third kappa shape index (κ3) is 6.48. The molecule has 0 saturated heterocycles. The highest BCUT2D eigenvalue weighted by Crippen LogP contribution is 2.33. The number of halogens is 1. The molecule has 0 saturated carbocycles. The fourth-order valence-corrected chi connectivity index (χ4v) is 4.48. The summed E-state index contributed by atoms with van der Waals surface area (Å²) in [5.74, 6) is 0.356. The molecular weight excluding hydrogens is 563 g/mol. The van der Waals surface area contributed by atoms with Gasteiger partial charge in [0.1, 0.15) is 0 Å². The van der Waals surface area contributed by atoms with Gasteiger partial charge in [0.25, 0.3) is 0 Å². The van der Waals surface area contributed by atoms with Gasteiger partial charge in [0.05, 0.1) is 0 Å². The van der Waals surface area contributed by atoms with Gasteiger partial charge in [-0.1, -0.05) is 138 Å². The summed E-state index contributed by atoms with van der Waals surface area (Å²) in [5, 5.41) is 10.5. The van der Waals surface area contributed by atoms with E-state index < -0.39 is 0 Å². The summed E-state index contributed by atoms with van der Waals surface area (Å²) in [6.07, 6.45) is 3.53. The van der Waals surface area contributed by atoms with Crippen LogP contribution in [0, 0.1) is 5.92 Å². The Morgan fingerprint density at radius 2 is 0.973 bits per heavy atom. The Hall–Kier alpha value is -2.98. The summed E-state index contributed by atoms with van der Waals surface area (Å²) in [7, 11) is 0. The van der Waals surface area contributed by atoms with Crippen LogP contribution >= 0.6 is 24.0 Å². The molecule has 0 aliphatic carbocycles. The number of carbonyl (C=O) groups excluding carboxylic acids is 1. The van der Waals surface area contributed by atoms with Gasteiger partial charge < -0.3 is 0 Å². The minimum Gasteiger partial charge on any atom is -0.294 e. The lowest BCUT2D eigenvalue weighted by Gasteiger charge is -2.09. The Labute approximate surface area is 238 Å². The highest BCUT2D eigenvalue weighted by Gasteiger charge is 2.13.